The summed E-state index contributed by atoms with van der Waals surface area (Å²) in [5.41, 5.74) is 1.05. The van der Waals surface area contributed by atoms with Gasteiger partial charge in [0.25, 0.3) is 0 Å². The molecular weight excluding hydrogens is 210 g/mol. The zero-order chi connectivity index (χ0) is 10.8. The molecule has 1 N–H and O–H groups in total. The van der Waals surface area contributed by atoms with Gasteiger partial charge in [-0.15, -0.1) is 0 Å². The number of imidazole rings is 1. The van der Waals surface area contributed by atoms with Crippen molar-refractivity contribution >= 4 is 11.6 Å². The zero-order valence-electron chi connectivity index (χ0n) is 9.39. The summed E-state index contributed by atoms with van der Waals surface area (Å²) in [5.74, 6) is 1.17. The van der Waals surface area contributed by atoms with Crippen LogP contribution in [-0.4, -0.2) is 23.1 Å². The molecule has 1 aliphatic heterocycles. The molecule has 3 nitrogen and oxygen atoms in total. The van der Waals surface area contributed by atoms with Gasteiger partial charge in [-0.2, -0.15) is 0 Å². The van der Waals surface area contributed by atoms with E-state index in [-0.39, 0.29) is 0 Å². The Morgan fingerprint density at radius 1 is 1.60 bits per heavy atom. The highest BCUT2D eigenvalue weighted by Crippen LogP contribution is 2.30. The van der Waals surface area contributed by atoms with Gasteiger partial charge < -0.3 is 9.88 Å². The maximum atomic E-state index is 6.35. The summed E-state index contributed by atoms with van der Waals surface area (Å²) in [6, 6.07) is 0.485. The van der Waals surface area contributed by atoms with Gasteiger partial charge in [0, 0.05) is 19.0 Å². The van der Waals surface area contributed by atoms with Crippen LogP contribution < -0.4 is 5.32 Å². The van der Waals surface area contributed by atoms with Crippen LogP contribution in [0.15, 0.2) is 0 Å². The molecule has 15 heavy (non-hydrogen) atoms. The second-order valence-corrected chi connectivity index (χ2v) is 4.45. The average Bonchev–Trinajstić information content (AvgIpc) is 2.57. The number of aryl methyl sites for hydroxylation is 2. The normalized spacial score (nSPS) is 20.3. The number of fused-ring (bicyclic) bond motifs is 1. The lowest BCUT2D eigenvalue weighted by Gasteiger charge is -2.25. The molecule has 2 rings (SSSR count). The van der Waals surface area contributed by atoms with Crippen LogP contribution in [0.4, 0.5) is 0 Å². The van der Waals surface area contributed by atoms with Crippen LogP contribution in [0.25, 0.3) is 0 Å². The van der Waals surface area contributed by atoms with E-state index in [1.54, 1.807) is 0 Å². The SMILES string of the molecule is CCc1nc2n(c1Cl)C(CNC)CCC2. The number of nitrogens with one attached hydrogen (secondary N) is 1. The molecule has 0 aromatic carbocycles. The fourth-order valence-corrected chi connectivity index (χ4v) is 2.75. The van der Waals surface area contributed by atoms with Crippen LogP contribution in [0.1, 0.15) is 37.3 Å². The average molecular weight is 228 g/mol. The van der Waals surface area contributed by atoms with Crippen molar-refractivity contribution in [1.82, 2.24) is 14.9 Å². The summed E-state index contributed by atoms with van der Waals surface area (Å²) < 4.78 is 2.22. The van der Waals surface area contributed by atoms with Crippen LogP contribution >= 0.6 is 11.6 Å². The Balaban J connectivity index is 2.36. The highest BCUT2D eigenvalue weighted by Gasteiger charge is 2.24. The smallest absolute Gasteiger partial charge is 0.132 e. The molecular formula is C11H18ClN3. The second kappa shape index (κ2) is 4.54. The molecule has 1 aliphatic rings. The minimum Gasteiger partial charge on any atom is -0.318 e. The highest BCUT2D eigenvalue weighted by atomic mass is 35.5. The third-order valence-electron chi connectivity index (χ3n) is 3.07. The van der Waals surface area contributed by atoms with E-state index in [0.717, 1.165) is 30.2 Å². The lowest BCUT2D eigenvalue weighted by Crippen LogP contribution is -2.27. The first-order chi connectivity index (χ1) is 7.27. The molecule has 1 atom stereocenters. The number of aromatic nitrogens is 2. The Morgan fingerprint density at radius 2 is 2.40 bits per heavy atom. The second-order valence-electron chi connectivity index (χ2n) is 4.09. The fraction of sp³-hybridized carbons (Fsp3) is 0.727. The van der Waals surface area contributed by atoms with Gasteiger partial charge in [-0.1, -0.05) is 18.5 Å². The van der Waals surface area contributed by atoms with Crippen molar-refractivity contribution in [2.24, 2.45) is 0 Å². The van der Waals surface area contributed by atoms with E-state index < -0.39 is 0 Å². The molecule has 1 aromatic heterocycles. The summed E-state index contributed by atoms with van der Waals surface area (Å²) in [6.45, 7) is 3.08. The number of hydrogen-bond donors (Lipinski definition) is 1. The van der Waals surface area contributed by atoms with Gasteiger partial charge in [0.2, 0.25) is 0 Å². The van der Waals surface area contributed by atoms with Crippen molar-refractivity contribution in [2.75, 3.05) is 13.6 Å². The molecule has 0 spiro atoms. The molecule has 84 valence electrons. The highest BCUT2D eigenvalue weighted by molar-refractivity contribution is 6.30. The summed E-state index contributed by atoms with van der Waals surface area (Å²) in [6.07, 6.45) is 4.42. The van der Waals surface area contributed by atoms with E-state index in [9.17, 15) is 0 Å². The van der Waals surface area contributed by atoms with Gasteiger partial charge in [-0.05, 0) is 26.3 Å². The van der Waals surface area contributed by atoms with Crippen LogP contribution in [0.3, 0.4) is 0 Å². The summed E-state index contributed by atoms with van der Waals surface area (Å²) >= 11 is 6.35. The monoisotopic (exact) mass is 227 g/mol. The van der Waals surface area contributed by atoms with Crippen LogP contribution in [-0.2, 0) is 12.8 Å². The largest absolute Gasteiger partial charge is 0.318 e. The molecule has 1 unspecified atom stereocenters. The number of halogens is 1. The van der Waals surface area contributed by atoms with Crippen LogP contribution in [0, 0.1) is 0 Å². The van der Waals surface area contributed by atoms with E-state index in [4.69, 9.17) is 11.6 Å². The van der Waals surface area contributed by atoms with Crippen molar-refractivity contribution in [3.8, 4) is 0 Å². The van der Waals surface area contributed by atoms with Crippen molar-refractivity contribution < 1.29 is 0 Å². The number of rotatable bonds is 3. The lowest BCUT2D eigenvalue weighted by atomic mass is 10.0. The lowest BCUT2D eigenvalue weighted by molar-refractivity contribution is 0.386. The van der Waals surface area contributed by atoms with Crippen molar-refractivity contribution in [1.29, 1.82) is 0 Å². The Labute approximate surface area is 95.8 Å². The predicted molar refractivity (Wildman–Crippen MR) is 62.5 cm³/mol. The quantitative estimate of drug-likeness (QED) is 0.858. The standard InChI is InChI=1S/C11H18ClN3/c1-3-9-11(12)15-8(7-13-2)5-4-6-10(15)14-9/h8,13H,3-7H2,1-2H3. The Bertz CT molecular complexity index is 346. The fourth-order valence-electron chi connectivity index (χ4n) is 2.33. The maximum Gasteiger partial charge on any atom is 0.132 e. The predicted octanol–water partition coefficient (Wildman–Crippen LogP) is 2.20. The van der Waals surface area contributed by atoms with Gasteiger partial charge in [0.15, 0.2) is 0 Å². The van der Waals surface area contributed by atoms with Crippen LogP contribution in [0.2, 0.25) is 5.15 Å². The minimum atomic E-state index is 0.485. The molecule has 2 heterocycles. The van der Waals surface area contributed by atoms with Crippen molar-refractivity contribution in [3.63, 3.8) is 0 Å². The van der Waals surface area contributed by atoms with Crippen molar-refractivity contribution in [3.05, 3.63) is 16.7 Å². The van der Waals surface area contributed by atoms with Crippen molar-refractivity contribution in [2.45, 2.75) is 38.6 Å². The Morgan fingerprint density at radius 3 is 3.07 bits per heavy atom. The van der Waals surface area contributed by atoms with Gasteiger partial charge in [-0.25, -0.2) is 4.98 Å². The Hall–Kier alpha value is -0.540. The number of nitrogens with zero attached hydrogens (tertiary/aromatic N) is 2. The van der Waals surface area contributed by atoms with Gasteiger partial charge >= 0.3 is 0 Å². The molecule has 0 radical (unpaired) electrons. The molecule has 0 bridgehead atoms. The van der Waals surface area contributed by atoms with E-state index in [0.29, 0.717) is 6.04 Å². The third kappa shape index (κ3) is 1.91. The van der Waals surface area contributed by atoms with E-state index in [1.807, 2.05) is 7.05 Å². The summed E-state index contributed by atoms with van der Waals surface area (Å²) in [4.78, 5) is 4.60. The molecule has 0 amide bonds. The number of hydrogen-bond acceptors (Lipinski definition) is 2. The summed E-state index contributed by atoms with van der Waals surface area (Å²) in [5, 5.41) is 4.08. The molecule has 0 aliphatic carbocycles. The molecule has 1 aromatic rings. The van der Waals surface area contributed by atoms with E-state index >= 15 is 0 Å². The molecule has 0 saturated heterocycles. The first kappa shape index (κ1) is 11.0. The van der Waals surface area contributed by atoms with E-state index in [2.05, 4.69) is 21.8 Å². The van der Waals surface area contributed by atoms with Crippen LogP contribution in [0.5, 0.6) is 0 Å². The maximum absolute atomic E-state index is 6.35. The zero-order valence-corrected chi connectivity index (χ0v) is 10.1. The van der Waals surface area contributed by atoms with Gasteiger partial charge in [0.05, 0.1) is 5.69 Å². The number of likely N-dealkylation sites (N-methyl/N-ethyl adjacent to an activating group) is 1. The van der Waals surface area contributed by atoms with Gasteiger partial charge in [-0.3, -0.25) is 0 Å². The molecule has 0 fully saturated rings. The third-order valence-corrected chi connectivity index (χ3v) is 3.47. The van der Waals surface area contributed by atoms with Gasteiger partial charge in [0.1, 0.15) is 11.0 Å². The minimum absolute atomic E-state index is 0.485. The Kier molecular flexibility index (Phi) is 3.32. The molecule has 4 heteroatoms. The first-order valence-corrected chi connectivity index (χ1v) is 6.05. The van der Waals surface area contributed by atoms with E-state index in [1.165, 1.54) is 18.7 Å². The summed E-state index contributed by atoms with van der Waals surface area (Å²) in [7, 11) is 1.99. The first-order valence-electron chi connectivity index (χ1n) is 5.68. The molecule has 0 saturated carbocycles. The topological polar surface area (TPSA) is 29.9 Å².